The van der Waals surface area contributed by atoms with Crippen LogP contribution in [0.5, 0.6) is 0 Å². The molecule has 0 atom stereocenters. The van der Waals surface area contributed by atoms with Crippen molar-refractivity contribution in [3.63, 3.8) is 0 Å². The van der Waals surface area contributed by atoms with Crippen LogP contribution in [0.2, 0.25) is 10.2 Å². The molecule has 0 aliphatic rings. The van der Waals surface area contributed by atoms with Crippen molar-refractivity contribution in [3.05, 3.63) is 50.4 Å². The first kappa shape index (κ1) is 12.1. The zero-order chi connectivity index (χ0) is 13.7. The molecular weight excluding hydrogens is 291 g/mol. The predicted octanol–water partition coefficient (Wildman–Crippen LogP) is 2.79. The molecule has 0 bridgehead atoms. The summed E-state index contributed by atoms with van der Waals surface area (Å²) in [6, 6.07) is 5.85. The molecule has 1 aromatic carbocycles. The Labute approximate surface area is 116 Å². The SMILES string of the molecule is O=C(O)c1ccc2c(c1)[nH]c(=O)c1cc(Cl)c(Cl)n12. The van der Waals surface area contributed by atoms with Gasteiger partial charge in [-0.1, -0.05) is 23.2 Å². The van der Waals surface area contributed by atoms with Gasteiger partial charge in [-0.15, -0.1) is 0 Å². The van der Waals surface area contributed by atoms with Gasteiger partial charge >= 0.3 is 5.97 Å². The molecule has 3 aromatic rings. The van der Waals surface area contributed by atoms with Crippen molar-refractivity contribution >= 4 is 45.7 Å². The molecule has 7 heteroatoms. The van der Waals surface area contributed by atoms with E-state index < -0.39 is 5.97 Å². The maximum absolute atomic E-state index is 11.9. The Kier molecular flexibility index (Phi) is 2.55. The van der Waals surface area contributed by atoms with E-state index in [9.17, 15) is 9.59 Å². The van der Waals surface area contributed by atoms with E-state index in [4.69, 9.17) is 28.3 Å². The number of hydrogen-bond acceptors (Lipinski definition) is 2. The maximum atomic E-state index is 11.9. The minimum Gasteiger partial charge on any atom is -0.478 e. The third-order valence-electron chi connectivity index (χ3n) is 2.86. The van der Waals surface area contributed by atoms with E-state index in [1.807, 2.05) is 0 Å². The van der Waals surface area contributed by atoms with Crippen LogP contribution < -0.4 is 5.56 Å². The summed E-state index contributed by atoms with van der Waals surface area (Å²) in [4.78, 5) is 25.4. The normalized spacial score (nSPS) is 11.3. The standard InChI is InChI=1S/C12H6Cl2N2O3/c13-6-4-9-11(17)15-7-3-5(12(18)19)1-2-8(7)16(9)10(6)14/h1-4H,(H,15,17)(H,18,19). The number of nitrogens with one attached hydrogen (secondary N) is 1. The fourth-order valence-electron chi connectivity index (χ4n) is 2.01. The van der Waals surface area contributed by atoms with Crippen LogP contribution in [0, 0.1) is 0 Å². The molecule has 0 aliphatic heterocycles. The highest BCUT2D eigenvalue weighted by Gasteiger charge is 2.13. The first-order chi connectivity index (χ1) is 8.99. The molecule has 0 radical (unpaired) electrons. The van der Waals surface area contributed by atoms with Gasteiger partial charge in [0.25, 0.3) is 5.56 Å². The molecule has 0 amide bonds. The number of benzene rings is 1. The summed E-state index contributed by atoms with van der Waals surface area (Å²) in [5.41, 5.74) is 0.967. The molecule has 2 aromatic heterocycles. The highest BCUT2D eigenvalue weighted by Crippen LogP contribution is 2.28. The third-order valence-corrected chi connectivity index (χ3v) is 3.62. The number of aromatic nitrogens is 2. The number of fused-ring (bicyclic) bond motifs is 3. The molecule has 0 spiro atoms. The molecule has 0 aliphatic carbocycles. The third kappa shape index (κ3) is 1.70. The van der Waals surface area contributed by atoms with Gasteiger partial charge in [0.1, 0.15) is 10.7 Å². The summed E-state index contributed by atoms with van der Waals surface area (Å²) in [7, 11) is 0. The number of carboxylic acid groups (broad SMARTS) is 1. The largest absolute Gasteiger partial charge is 0.478 e. The molecule has 5 nitrogen and oxygen atoms in total. The summed E-state index contributed by atoms with van der Waals surface area (Å²) >= 11 is 12.0. The summed E-state index contributed by atoms with van der Waals surface area (Å²) in [6.45, 7) is 0. The molecule has 19 heavy (non-hydrogen) atoms. The van der Waals surface area contributed by atoms with E-state index in [0.717, 1.165) is 0 Å². The number of nitrogens with zero attached hydrogens (tertiary/aromatic N) is 1. The Bertz CT molecular complexity index is 895. The van der Waals surface area contributed by atoms with Crippen LogP contribution in [0.1, 0.15) is 10.4 Å². The minimum absolute atomic E-state index is 0.0804. The van der Waals surface area contributed by atoms with Gasteiger partial charge < -0.3 is 10.1 Å². The Morgan fingerprint density at radius 1 is 1.21 bits per heavy atom. The predicted molar refractivity (Wildman–Crippen MR) is 72.5 cm³/mol. The van der Waals surface area contributed by atoms with Crippen molar-refractivity contribution in [3.8, 4) is 0 Å². The van der Waals surface area contributed by atoms with E-state index in [-0.39, 0.29) is 21.3 Å². The smallest absolute Gasteiger partial charge is 0.335 e. The summed E-state index contributed by atoms with van der Waals surface area (Å²) in [5, 5.41) is 9.42. The number of hydrogen-bond donors (Lipinski definition) is 2. The maximum Gasteiger partial charge on any atom is 0.335 e. The van der Waals surface area contributed by atoms with Crippen molar-refractivity contribution in [1.82, 2.24) is 9.38 Å². The van der Waals surface area contributed by atoms with Crippen molar-refractivity contribution in [1.29, 1.82) is 0 Å². The second-order valence-corrected chi connectivity index (χ2v) is 4.76. The number of carboxylic acids is 1. The summed E-state index contributed by atoms with van der Waals surface area (Å²) in [5.74, 6) is -1.07. The first-order valence-electron chi connectivity index (χ1n) is 5.25. The molecule has 3 rings (SSSR count). The molecule has 0 saturated carbocycles. The van der Waals surface area contributed by atoms with Gasteiger partial charge in [0.15, 0.2) is 0 Å². The van der Waals surface area contributed by atoms with Gasteiger partial charge in [0.2, 0.25) is 0 Å². The Balaban J connectivity index is 2.54. The number of halogens is 2. The van der Waals surface area contributed by atoms with Gasteiger partial charge in [-0.05, 0) is 24.3 Å². The number of H-pyrrole nitrogens is 1. The van der Waals surface area contributed by atoms with E-state index in [1.165, 1.54) is 22.6 Å². The van der Waals surface area contributed by atoms with Crippen molar-refractivity contribution < 1.29 is 9.90 Å². The molecule has 0 saturated heterocycles. The van der Waals surface area contributed by atoms with E-state index in [0.29, 0.717) is 16.6 Å². The second kappa shape index (κ2) is 4.01. The minimum atomic E-state index is -1.07. The van der Waals surface area contributed by atoms with Crippen molar-refractivity contribution in [2.45, 2.75) is 0 Å². The van der Waals surface area contributed by atoms with Crippen LogP contribution in [-0.2, 0) is 0 Å². The van der Waals surface area contributed by atoms with Gasteiger partial charge in [0, 0.05) is 0 Å². The van der Waals surface area contributed by atoms with Crippen LogP contribution in [-0.4, -0.2) is 20.5 Å². The lowest BCUT2D eigenvalue weighted by molar-refractivity contribution is 0.0697. The molecule has 96 valence electrons. The Morgan fingerprint density at radius 3 is 2.63 bits per heavy atom. The number of aromatic amines is 1. The number of rotatable bonds is 1. The fourth-order valence-corrected chi connectivity index (χ4v) is 2.43. The molecule has 2 N–H and O–H groups in total. The molecule has 2 heterocycles. The number of carbonyl (C=O) groups is 1. The highest BCUT2D eigenvalue weighted by molar-refractivity contribution is 6.42. The summed E-state index contributed by atoms with van der Waals surface area (Å²) in [6.07, 6.45) is 0. The Hall–Kier alpha value is -1.98. The van der Waals surface area contributed by atoms with Crippen molar-refractivity contribution in [2.24, 2.45) is 0 Å². The molecule has 0 fully saturated rings. The van der Waals surface area contributed by atoms with Crippen molar-refractivity contribution in [2.75, 3.05) is 0 Å². The number of aromatic carboxylic acids is 1. The van der Waals surface area contributed by atoms with Crippen LogP contribution in [0.4, 0.5) is 0 Å². The first-order valence-corrected chi connectivity index (χ1v) is 6.00. The van der Waals surface area contributed by atoms with Crippen LogP contribution in [0.3, 0.4) is 0 Å². The van der Waals surface area contributed by atoms with Crippen LogP contribution in [0.25, 0.3) is 16.6 Å². The van der Waals surface area contributed by atoms with E-state index >= 15 is 0 Å². The second-order valence-electron chi connectivity index (χ2n) is 3.99. The monoisotopic (exact) mass is 296 g/mol. The zero-order valence-electron chi connectivity index (χ0n) is 9.28. The fraction of sp³-hybridized carbons (Fsp3) is 0. The molecule has 0 unspecified atom stereocenters. The average Bonchev–Trinajstić information content (AvgIpc) is 2.66. The average molecular weight is 297 g/mol. The van der Waals surface area contributed by atoms with Gasteiger partial charge in [-0.2, -0.15) is 0 Å². The lowest BCUT2D eigenvalue weighted by Crippen LogP contribution is -2.10. The summed E-state index contributed by atoms with van der Waals surface area (Å²) < 4.78 is 1.49. The highest BCUT2D eigenvalue weighted by atomic mass is 35.5. The van der Waals surface area contributed by atoms with E-state index in [1.54, 1.807) is 6.07 Å². The van der Waals surface area contributed by atoms with Gasteiger partial charge in [-0.25, -0.2) is 4.79 Å². The lowest BCUT2D eigenvalue weighted by Gasteiger charge is -2.04. The van der Waals surface area contributed by atoms with Crippen LogP contribution >= 0.6 is 23.2 Å². The topological polar surface area (TPSA) is 74.6 Å². The van der Waals surface area contributed by atoms with Gasteiger partial charge in [-0.3, -0.25) is 9.20 Å². The lowest BCUT2D eigenvalue weighted by atomic mass is 10.2. The van der Waals surface area contributed by atoms with Gasteiger partial charge in [0.05, 0.1) is 21.6 Å². The molecular formula is C12H6Cl2N2O3. The van der Waals surface area contributed by atoms with E-state index in [2.05, 4.69) is 4.98 Å². The zero-order valence-corrected chi connectivity index (χ0v) is 10.8. The van der Waals surface area contributed by atoms with Crippen LogP contribution in [0.15, 0.2) is 29.1 Å². The quantitative estimate of drug-likeness (QED) is 0.725. The Morgan fingerprint density at radius 2 is 1.95 bits per heavy atom.